The standard InChI is InChI=1S/C14H20ClN3/c1-2-10-6-8-18(9-7-10)12-5-3-4-11(15)13(12)14(16)17/h3-5,10H,2,6-9H2,1H3,(H3,16,17). The molecule has 4 heteroatoms. The molecule has 1 fully saturated rings. The van der Waals surface area contributed by atoms with Crippen molar-refractivity contribution in [3.8, 4) is 0 Å². The lowest BCUT2D eigenvalue weighted by Crippen LogP contribution is -2.35. The number of piperidine rings is 1. The maximum atomic E-state index is 7.68. The minimum Gasteiger partial charge on any atom is -0.384 e. The lowest BCUT2D eigenvalue weighted by atomic mass is 9.93. The summed E-state index contributed by atoms with van der Waals surface area (Å²) in [5.41, 5.74) is 7.33. The average Bonchev–Trinajstić information content (AvgIpc) is 2.38. The Bertz CT molecular complexity index is 437. The fourth-order valence-electron chi connectivity index (χ4n) is 2.63. The molecule has 1 saturated heterocycles. The van der Waals surface area contributed by atoms with Crippen LogP contribution in [0.4, 0.5) is 5.69 Å². The number of amidine groups is 1. The molecular formula is C14H20ClN3. The van der Waals surface area contributed by atoms with Crippen molar-refractivity contribution in [1.82, 2.24) is 0 Å². The molecule has 1 aromatic carbocycles. The molecule has 0 aromatic heterocycles. The van der Waals surface area contributed by atoms with Crippen molar-refractivity contribution in [2.45, 2.75) is 26.2 Å². The smallest absolute Gasteiger partial charge is 0.126 e. The minimum absolute atomic E-state index is 0.0493. The first-order valence-corrected chi connectivity index (χ1v) is 6.89. The van der Waals surface area contributed by atoms with E-state index >= 15 is 0 Å². The van der Waals surface area contributed by atoms with Gasteiger partial charge in [-0.3, -0.25) is 5.41 Å². The first-order valence-electron chi connectivity index (χ1n) is 6.51. The molecular weight excluding hydrogens is 246 g/mol. The number of nitrogens with two attached hydrogens (primary N) is 1. The van der Waals surface area contributed by atoms with Gasteiger partial charge in [0, 0.05) is 18.8 Å². The van der Waals surface area contributed by atoms with Crippen LogP contribution in [0, 0.1) is 11.3 Å². The van der Waals surface area contributed by atoms with Crippen LogP contribution < -0.4 is 10.6 Å². The molecule has 2 rings (SSSR count). The zero-order chi connectivity index (χ0) is 13.1. The van der Waals surface area contributed by atoms with E-state index in [1.165, 1.54) is 19.3 Å². The summed E-state index contributed by atoms with van der Waals surface area (Å²) in [4.78, 5) is 2.30. The Kier molecular flexibility index (Phi) is 4.12. The van der Waals surface area contributed by atoms with Gasteiger partial charge in [0.05, 0.1) is 10.6 Å². The molecule has 0 aliphatic carbocycles. The Labute approximate surface area is 113 Å². The third-order valence-corrected chi connectivity index (χ3v) is 4.11. The number of hydrogen-bond donors (Lipinski definition) is 2. The van der Waals surface area contributed by atoms with E-state index in [0.717, 1.165) is 24.7 Å². The number of rotatable bonds is 3. The molecule has 1 aromatic rings. The summed E-state index contributed by atoms with van der Waals surface area (Å²) in [7, 11) is 0. The van der Waals surface area contributed by atoms with E-state index in [1.807, 2.05) is 12.1 Å². The molecule has 0 radical (unpaired) electrons. The van der Waals surface area contributed by atoms with E-state index in [-0.39, 0.29) is 5.84 Å². The highest BCUT2D eigenvalue weighted by Crippen LogP contribution is 2.31. The Balaban J connectivity index is 2.24. The van der Waals surface area contributed by atoms with Crippen LogP contribution in [-0.4, -0.2) is 18.9 Å². The summed E-state index contributed by atoms with van der Waals surface area (Å²) in [6, 6.07) is 5.73. The molecule has 1 aliphatic rings. The summed E-state index contributed by atoms with van der Waals surface area (Å²) in [6.07, 6.45) is 3.67. The van der Waals surface area contributed by atoms with E-state index in [4.69, 9.17) is 22.7 Å². The Morgan fingerprint density at radius 2 is 2.11 bits per heavy atom. The molecule has 3 nitrogen and oxygen atoms in total. The molecule has 0 saturated carbocycles. The number of hydrogen-bond acceptors (Lipinski definition) is 2. The number of benzene rings is 1. The van der Waals surface area contributed by atoms with Gasteiger partial charge in [-0.25, -0.2) is 0 Å². The van der Waals surface area contributed by atoms with Crippen LogP contribution in [0.1, 0.15) is 31.7 Å². The first-order chi connectivity index (χ1) is 8.63. The largest absolute Gasteiger partial charge is 0.384 e. The van der Waals surface area contributed by atoms with Gasteiger partial charge in [0.2, 0.25) is 0 Å². The SMILES string of the molecule is CCC1CCN(c2cccc(Cl)c2C(=N)N)CC1. The van der Waals surface area contributed by atoms with Crippen LogP contribution in [0.5, 0.6) is 0 Å². The van der Waals surface area contributed by atoms with Gasteiger partial charge in [0.1, 0.15) is 5.84 Å². The van der Waals surface area contributed by atoms with Gasteiger partial charge >= 0.3 is 0 Å². The van der Waals surface area contributed by atoms with Gasteiger partial charge in [-0.15, -0.1) is 0 Å². The number of nitrogens with zero attached hydrogens (tertiary/aromatic N) is 1. The monoisotopic (exact) mass is 265 g/mol. The predicted octanol–water partition coefficient (Wildman–Crippen LogP) is 3.25. The van der Waals surface area contributed by atoms with Crippen LogP contribution >= 0.6 is 11.6 Å². The number of anilines is 1. The van der Waals surface area contributed by atoms with Gasteiger partial charge in [-0.05, 0) is 30.9 Å². The predicted molar refractivity (Wildman–Crippen MR) is 77.7 cm³/mol. The van der Waals surface area contributed by atoms with Gasteiger partial charge in [0.25, 0.3) is 0 Å². The summed E-state index contributed by atoms with van der Waals surface area (Å²) in [5, 5.41) is 8.25. The van der Waals surface area contributed by atoms with Gasteiger partial charge < -0.3 is 10.6 Å². The van der Waals surface area contributed by atoms with Gasteiger partial charge in [-0.2, -0.15) is 0 Å². The molecule has 1 aliphatic heterocycles. The molecule has 0 unspecified atom stereocenters. The van der Waals surface area contributed by atoms with Gasteiger partial charge in [-0.1, -0.05) is 31.0 Å². The van der Waals surface area contributed by atoms with Gasteiger partial charge in [0.15, 0.2) is 0 Å². The van der Waals surface area contributed by atoms with E-state index < -0.39 is 0 Å². The highest BCUT2D eigenvalue weighted by Gasteiger charge is 2.21. The van der Waals surface area contributed by atoms with Crippen molar-refractivity contribution in [2.75, 3.05) is 18.0 Å². The molecule has 3 N–H and O–H groups in total. The first kappa shape index (κ1) is 13.2. The van der Waals surface area contributed by atoms with E-state index in [0.29, 0.717) is 10.6 Å². The number of nitrogens with one attached hydrogen (secondary N) is 1. The maximum absolute atomic E-state index is 7.68. The second-order valence-corrected chi connectivity index (χ2v) is 5.29. The van der Waals surface area contributed by atoms with Crippen molar-refractivity contribution < 1.29 is 0 Å². The fraction of sp³-hybridized carbons (Fsp3) is 0.500. The average molecular weight is 266 g/mol. The van der Waals surface area contributed by atoms with E-state index in [1.54, 1.807) is 6.07 Å². The highest BCUT2D eigenvalue weighted by atomic mass is 35.5. The topological polar surface area (TPSA) is 53.1 Å². The quantitative estimate of drug-likeness (QED) is 0.651. The van der Waals surface area contributed by atoms with E-state index in [9.17, 15) is 0 Å². The van der Waals surface area contributed by atoms with E-state index in [2.05, 4.69) is 11.8 Å². The van der Waals surface area contributed by atoms with Crippen LogP contribution in [0.15, 0.2) is 18.2 Å². The third-order valence-electron chi connectivity index (χ3n) is 3.79. The molecule has 0 amide bonds. The highest BCUT2D eigenvalue weighted by molar-refractivity contribution is 6.34. The maximum Gasteiger partial charge on any atom is 0.126 e. The van der Waals surface area contributed by atoms with Crippen LogP contribution in [0.3, 0.4) is 0 Å². The second-order valence-electron chi connectivity index (χ2n) is 4.89. The molecule has 1 heterocycles. The fourth-order valence-corrected chi connectivity index (χ4v) is 2.90. The van der Waals surface area contributed by atoms with Crippen LogP contribution in [0.25, 0.3) is 0 Å². The van der Waals surface area contributed by atoms with Crippen molar-refractivity contribution in [2.24, 2.45) is 11.7 Å². The summed E-state index contributed by atoms with van der Waals surface area (Å²) >= 11 is 6.15. The molecule has 18 heavy (non-hydrogen) atoms. The second kappa shape index (κ2) is 5.61. The lowest BCUT2D eigenvalue weighted by Gasteiger charge is -2.34. The van der Waals surface area contributed by atoms with Crippen molar-refractivity contribution in [1.29, 1.82) is 5.41 Å². The van der Waals surface area contributed by atoms with Crippen molar-refractivity contribution in [3.63, 3.8) is 0 Å². The summed E-state index contributed by atoms with van der Waals surface area (Å²) in [6.45, 7) is 4.30. The molecule has 0 spiro atoms. The zero-order valence-electron chi connectivity index (χ0n) is 10.7. The Morgan fingerprint density at radius 3 is 2.67 bits per heavy atom. The normalized spacial score (nSPS) is 16.9. The van der Waals surface area contributed by atoms with Crippen molar-refractivity contribution in [3.05, 3.63) is 28.8 Å². The number of halogens is 1. The summed E-state index contributed by atoms with van der Waals surface area (Å²) < 4.78 is 0. The zero-order valence-corrected chi connectivity index (χ0v) is 11.5. The molecule has 98 valence electrons. The lowest BCUT2D eigenvalue weighted by molar-refractivity contribution is 0.395. The Hall–Kier alpha value is -1.22. The van der Waals surface area contributed by atoms with Crippen molar-refractivity contribution >= 4 is 23.1 Å². The summed E-state index contributed by atoms with van der Waals surface area (Å²) in [5.74, 6) is 0.884. The third kappa shape index (κ3) is 2.61. The van der Waals surface area contributed by atoms with Crippen LogP contribution in [-0.2, 0) is 0 Å². The Morgan fingerprint density at radius 1 is 1.44 bits per heavy atom. The minimum atomic E-state index is 0.0493. The molecule has 0 atom stereocenters. The molecule has 0 bridgehead atoms. The van der Waals surface area contributed by atoms with Crippen LogP contribution in [0.2, 0.25) is 5.02 Å². The number of nitrogen functional groups attached to an aromatic ring is 1.